The average Bonchev–Trinajstić information content (AvgIpc) is 2.40. The fraction of sp³-hybridized carbons (Fsp3) is 0.562. The number of nitrogens with one attached hydrogen (secondary N) is 1. The maximum Gasteiger partial charge on any atom is 0.251 e. The predicted octanol–water partition coefficient (Wildman–Crippen LogP) is 2.67. The van der Waals surface area contributed by atoms with E-state index < -0.39 is 0 Å². The molecule has 0 aliphatic carbocycles. The van der Waals surface area contributed by atoms with Gasteiger partial charge in [-0.15, -0.1) is 0 Å². The normalized spacial score (nSPS) is 20.2. The second-order valence-electron chi connectivity index (χ2n) is 5.54. The molecule has 104 valence electrons. The summed E-state index contributed by atoms with van der Waals surface area (Å²) in [7, 11) is 0. The number of hydrogen-bond donors (Lipinski definition) is 1. The zero-order valence-corrected chi connectivity index (χ0v) is 12.0. The highest BCUT2D eigenvalue weighted by molar-refractivity contribution is 5.94. The topological polar surface area (TPSA) is 32.3 Å². The Kier molecular flexibility index (Phi) is 4.97. The van der Waals surface area contributed by atoms with Gasteiger partial charge in [-0.05, 0) is 49.9 Å². The van der Waals surface area contributed by atoms with E-state index in [0.717, 1.165) is 18.0 Å². The number of piperidine rings is 1. The molecule has 1 saturated heterocycles. The number of carbonyl (C=O) groups is 1. The second-order valence-corrected chi connectivity index (χ2v) is 5.54. The van der Waals surface area contributed by atoms with E-state index in [1.54, 1.807) is 0 Å². The van der Waals surface area contributed by atoms with Gasteiger partial charge in [-0.25, -0.2) is 0 Å². The number of benzene rings is 1. The first-order valence-corrected chi connectivity index (χ1v) is 7.28. The molecular weight excluding hydrogens is 236 g/mol. The predicted molar refractivity (Wildman–Crippen MR) is 78.1 cm³/mol. The van der Waals surface area contributed by atoms with Crippen molar-refractivity contribution < 1.29 is 4.79 Å². The zero-order chi connectivity index (χ0) is 13.7. The lowest BCUT2D eigenvalue weighted by molar-refractivity contribution is 0.0956. The van der Waals surface area contributed by atoms with E-state index in [1.165, 1.54) is 31.5 Å². The third-order valence-electron chi connectivity index (χ3n) is 3.70. The van der Waals surface area contributed by atoms with Crippen molar-refractivity contribution in [2.24, 2.45) is 5.92 Å². The molecule has 1 fully saturated rings. The number of likely N-dealkylation sites (tertiary alicyclic amines) is 1. The zero-order valence-electron chi connectivity index (χ0n) is 12.0. The van der Waals surface area contributed by atoms with E-state index in [2.05, 4.69) is 29.3 Å². The van der Waals surface area contributed by atoms with Crippen molar-refractivity contribution in [1.29, 1.82) is 0 Å². The van der Waals surface area contributed by atoms with Crippen molar-refractivity contribution in [3.63, 3.8) is 0 Å². The minimum Gasteiger partial charge on any atom is -0.352 e. The van der Waals surface area contributed by atoms with Crippen LogP contribution >= 0.6 is 0 Å². The number of nitrogens with zero attached hydrogens (tertiary/aromatic N) is 1. The second kappa shape index (κ2) is 6.71. The number of hydrogen-bond acceptors (Lipinski definition) is 2. The summed E-state index contributed by atoms with van der Waals surface area (Å²) >= 11 is 0. The maximum atomic E-state index is 11.7. The molecule has 0 spiro atoms. The molecule has 1 heterocycles. The fourth-order valence-corrected chi connectivity index (χ4v) is 2.71. The van der Waals surface area contributed by atoms with Gasteiger partial charge in [0.05, 0.1) is 0 Å². The molecule has 1 aromatic carbocycles. The Morgan fingerprint density at radius 3 is 2.74 bits per heavy atom. The lowest BCUT2D eigenvalue weighted by Gasteiger charge is -2.30. The van der Waals surface area contributed by atoms with Crippen LogP contribution in [0.2, 0.25) is 0 Å². The van der Waals surface area contributed by atoms with Crippen LogP contribution in [0.1, 0.15) is 42.6 Å². The van der Waals surface area contributed by atoms with Crippen molar-refractivity contribution in [2.75, 3.05) is 19.6 Å². The molecule has 0 unspecified atom stereocenters. The van der Waals surface area contributed by atoms with Crippen LogP contribution in [-0.2, 0) is 6.54 Å². The first kappa shape index (κ1) is 14.1. The van der Waals surface area contributed by atoms with Crippen LogP contribution in [0.4, 0.5) is 0 Å². The van der Waals surface area contributed by atoms with Crippen molar-refractivity contribution in [3.05, 3.63) is 35.4 Å². The summed E-state index contributed by atoms with van der Waals surface area (Å²) in [6.07, 6.45) is 2.66. The van der Waals surface area contributed by atoms with Gasteiger partial charge in [0.25, 0.3) is 5.91 Å². The van der Waals surface area contributed by atoms with Gasteiger partial charge in [0.2, 0.25) is 0 Å². The molecule has 3 heteroatoms. The molecule has 19 heavy (non-hydrogen) atoms. The van der Waals surface area contributed by atoms with Gasteiger partial charge in [-0.1, -0.05) is 19.1 Å². The Bertz CT molecular complexity index is 413. The summed E-state index contributed by atoms with van der Waals surface area (Å²) in [5.74, 6) is 0.823. The lowest BCUT2D eigenvalue weighted by Crippen LogP contribution is -2.33. The van der Waals surface area contributed by atoms with Crippen LogP contribution in [0.25, 0.3) is 0 Å². The summed E-state index contributed by atoms with van der Waals surface area (Å²) in [5.41, 5.74) is 2.04. The minimum absolute atomic E-state index is 0.0145. The monoisotopic (exact) mass is 260 g/mol. The molecule has 3 nitrogen and oxygen atoms in total. The molecule has 1 amide bonds. The summed E-state index contributed by atoms with van der Waals surface area (Å²) in [4.78, 5) is 14.2. The Balaban J connectivity index is 1.93. The Morgan fingerprint density at radius 2 is 2.11 bits per heavy atom. The van der Waals surface area contributed by atoms with Crippen LogP contribution in [0.5, 0.6) is 0 Å². The molecule has 1 aliphatic heterocycles. The molecule has 0 aromatic heterocycles. The van der Waals surface area contributed by atoms with Gasteiger partial charge in [0, 0.05) is 25.2 Å². The smallest absolute Gasteiger partial charge is 0.251 e. The van der Waals surface area contributed by atoms with Gasteiger partial charge in [0.15, 0.2) is 0 Å². The first-order chi connectivity index (χ1) is 9.19. The molecule has 1 atom stereocenters. The first-order valence-electron chi connectivity index (χ1n) is 7.28. The van der Waals surface area contributed by atoms with Crippen molar-refractivity contribution in [2.45, 2.75) is 33.2 Å². The molecule has 0 radical (unpaired) electrons. The van der Waals surface area contributed by atoms with Gasteiger partial charge >= 0.3 is 0 Å². The van der Waals surface area contributed by atoms with Gasteiger partial charge in [0.1, 0.15) is 0 Å². The lowest BCUT2D eigenvalue weighted by atomic mass is 9.99. The van der Waals surface area contributed by atoms with E-state index in [9.17, 15) is 4.79 Å². The van der Waals surface area contributed by atoms with Crippen LogP contribution in [-0.4, -0.2) is 30.4 Å². The summed E-state index contributed by atoms with van der Waals surface area (Å²) in [5, 5.41) is 2.82. The third-order valence-corrected chi connectivity index (χ3v) is 3.70. The van der Waals surface area contributed by atoms with Gasteiger partial charge < -0.3 is 5.32 Å². The third kappa shape index (κ3) is 4.06. The van der Waals surface area contributed by atoms with Crippen molar-refractivity contribution in [1.82, 2.24) is 10.2 Å². The Labute approximate surface area is 116 Å². The number of amides is 1. The number of carbonyl (C=O) groups excluding carboxylic acids is 1. The van der Waals surface area contributed by atoms with E-state index in [1.807, 2.05) is 19.1 Å². The van der Waals surface area contributed by atoms with Crippen LogP contribution < -0.4 is 5.32 Å². The molecule has 1 N–H and O–H groups in total. The quantitative estimate of drug-likeness (QED) is 0.902. The summed E-state index contributed by atoms with van der Waals surface area (Å²) in [6, 6.07) is 8.00. The molecule has 0 saturated carbocycles. The van der Waals surface area contributed by atoms with E-state index in [0.29, 0.717) is 6.54 Å². The Hall–Kier alpha value is -1.35. The summed E-state index contributed by atoms with van der Waals surface area (Å²) < 4.78 is 0. The van der Waals surface area contributed by atoms with Gasteiger partial charge in [-0.3, -0.25) is 9.69 Å². The van der Waals surface area contributed by atoms with Crippen LogP contribution in [0.3, 0.4) is 0 Å². The molecule has 1 aliphatic rings. The fourth-order valence-electron chi connectivity index (χ4n) is 2.71. The molecule has 0 bridgehead atoms. The van der Waals surface area contributed by atoms with Crippen molar-refractivity contribution in [3.8, 4) is 0 Å². The minimum atomic E-state index is 0.0145. The van der Waals surface area contributed by atoms with E-state index in [-0.39, 0.29) is 5.91 Å². The standard InChI is InChI=1S/C16H24N2O/c1-3-17-16(19)15-8-6-14(7-9-15)12-18-10-4-5-13(2)11-18/h6-9,13H,3-5,10-12H2,1-2H3,(H,17,19)/t13-/m0/s1. The maximum absolute atomic E-state index is 11.7. The highest BCUT2D eigenvalue weighted by Gasteiger charge is 2.16. The largest absolute Gasteiger partial charge is 0.352 e. The molecule has 2 rings (SSSR count). The molecule has 1 aromatic rings. The highest BCUT2D eigenvalue weighted by Crippen LogP contribution is 2.18. The number of rotatable bonds is 4. The van der Waals surface area contributed by atoms with Crippen molar-refractivity contribution >= 4 is 5.91 Å². The molecular formula is C16H24N2O. The Morgan fingerprint density at radius 1 is 1.37 bits per heavy atom. The van der Waals surface area contributed by atoms with Crippen LogP contribution in [0.15, 0.2) is 24.3 Å². The highest BCUT2D eigenvalue weighted by atomic mass is 16.1. The van der Waals surface area contributed by atoms with Crippen LogP contribution in [0, 0.1) is 5.92 Å². The van der Waals surface area contributed by atoms with Gasteiger partial charge in [-0.2, -0.15) is 0 Å². The average molecular weight is 260 g/mol. The van der Waals surface area contributed by atoms with E-state index >= 15 is 0 Å². The summed E-state index contributed by atoms with van der Waals surface area (Å²) in [6.45, 7) is 8.32. The SMILES string of the molecule is CCNC(=O)c1ccc(CN2CCC[C@H](C)C2)cc1. The van der Waals surface area contributed by atoms with E-state index in [4.69, 9.17) is 0 Å².